The van der Waals surface area contributed by atoms with Gasteiger partial charge in [-0.05, 0) is 62.8 Å². The van der Waals surface area contributed by atoms with Crippen LogP contribution in [0.2, 0.25) is 5.15 Å². The molecular weight excluding hydrogens is 440 g/mol. The first kappa shape index (κ1) is 20.8. The Balaban J connectivity index is 1.27. The Hall–Kier alpha value is -2.81. The van der Waals surface area contributed by atoms with Crippen molar-refractivity contribution in [2.75, 3.05) is 5.73 Å². The minimum Gasteiger partial charge on any atom is -0.382 e. The maximum Gasteiger partial charge on any atom is 0.163 e. The number of nitrogen functional groups attached to an aromatic ring is 1. The van der Waals surface area contributed by atoms with Gasteiger partial charge in [0.15, 0.2) is 5.79 Å². The summed E-state index contributed by atoms with van der Waals surface area (Å²) in [6.07, 6.45) is 7.95. The van der Waals surface area contributed by atoms with Crippen LogP contribution in [-0.4, -0.2) is 42.5 Å². The number of nitrogens with two attached hydrogens (primary N) is 1. The molecule has 6 rings (SSSR count). The Labute approximate surface area is 196 Å². The molecular formula is C24H25ClN6O2. The number of hydrogen-bond acceptors (Lipinski definition) is 7. The van der Waals surface area contributed by atoms with E-state index in [9.17, 15) is 0 Å². The van der Waals surface area contributed by atoms with E-state index in [1.807, 2.05) is 32.2 Å². The van der Waals surface area contributed by atoms with Crippen molar-refractivity contribution < 1.29 is 9.47 Å². The lowest BCUT2D eigenvalue weighted by molar-refractivity contribution is -0.160. The van der Waals surface area contributed by atoms with Crippen molar-refractivity contribution in [2.24, 2.45) is 5.92 Å². The fraction of sp³-hybridized carbons (Fsp3) is 0.417. The van der Waals surface area contributed by atoms with E-state index in [2.05, 4.69) is 36.6 Å². The molecule has 9 heteroatoms. The van der Waals surface area contributed by atoms with Gasteiger partial charge < -0.3 is 19.8 Å². The molecule has 0 unspecified atom stereocenters. The zero-order chi connectivity index (χ0) is 22.7. The van der Waals surface area contributed by atoms with Gasteiger partial charge in [0, 0.05) is 6.20 Å². The van der Waals surface area contributed by atoms with Crippen molar-refractivity contribution in [1.82, 2.24) is 24.5 Å². The summed E-state index contributed by atoms with van der Waals surface area (Å²) in [5.74, 6) is 0.166. The lowest BCUT2D eigenvalue weighted by atomic mass is 9.96. The smallest absolute Gasteiger partial charge is 0.163 e. The molecule has 2 fully saturated rings. The molecule has 1 aliphatic carbocycles. The Morgan fingerprint density at radius 2 is 1.97 bits per heavy atom. The van der Waals surface area contributed by atoms with Gasteiger partial charge in [-0.1, -0.05) is 17.7 Å². The van der Waals surface area contributed by atoms with Crippen LogP contribution >= 0.6 is 11.6 Å². The second-order valence-electron chi connectivity index (χ2n) is 9.41. The number of hydrogen-bond donors (Lipinski definition) is 1. The summed E-state index contributed by atoms with van der Waals surface area (Å²) in [5, 5.41) is 1.32. The average molecular weight is 465 g/mol. The van der Waals surface area contributed by atoms with Gasteiger partial charge >= 0.3 is 0 Å². The third-order valence-corrected chi connectivity index (χ3v) is 7.10. The van der Waals surface area contributed by atoms with E-state index in [-0.39, 0.29) is 18.2 Å². The van der Waals surface area contributed by atoms with E-state index in [0.717, 1.165) is 41.3 Å². The van der Waals surface area contributed by atoms with Crippen LogP contribution < -0.4 is 5.73 Å². The molecule has 0 spiro atoms. The number of anilines is 1. The molecule has 1 saturated heterocycles. The van der Waals surface area contributed by atoms with E-state index >= 15 is 0 Å². The molecule has 1 aromatic carbocycles. The third-order valence-electron chi connectivity index (χ3n) is 6.80. The second-order valence-corrected chi connectivity index (χ2v) is 9.77. The van der Waals surface area contributed by atoms with Gasteiger partial charge in [0.2, 0.25) is 0 Å². The molecule has 0 radical (unpaired) electrons. The molecule has 170 valence electrons. The van der Waals surface area contributed by atoms with Crippen LogP contribution in [0.3, 0.4) is 0 Å². The van der Waals surface area contributed by atoms with Crippen molar-refractivity contribution in [1.29, 1.82) is 0 Å². The zero-order valence-corrected chi connectivity index (χ0v) is 19.2. The molecule has 0 amide bonds. The number of nitrogens with zero attached hydrogens (tertiary/aromatic N) is 5. The highest BCUT2D eigenvalue weighted by Crippen LogP contribution is 2.49. The van der Waals surface area contributed by atoms with Gasteiger partial charge in [0.25, 0.3) is 0 Å². The van der Waals surface area contributed by atoms with Crippen molar-refractivity contribution in [2.45, 2.75) is 57.1 Å². The van der Waals surface area contributed by atoms with Crippen molar-refractivity contribution in [3.63, 3.8) is 0 Å². The van der Waals surface area contributed by atoms with E-state index in [1.54, 1.807) is 6.20 Å². The predicted molar refractivity (Wildman–Crippen MR) is 126 cm³/mol. The highest BCUT2D eigenvalue weighted by atomic mass is 35.5. The van der Waals surface area contributed by atoms with Crippen LogP contribution in [0.25, 0.3) is 22.1 Å². The first-order valence-electron chi connectivity index (χ1n) is 11.2. The van der Waals surface area contributed by atoms with Crippen molar-refractivity contribution in [3.05, 3.63) is 53.7 Å². The summed E-state index contributed by atoms with van der Waals surface area (Å²) in [6.45, 7) is 3.97. The average Bonchev–Trinajstić information content (AvgIpc) is 3.43. The van der Waals surface area contributed by atoms with Crippen LogP contribution in [-0.2, 0) is 15.9 Å². The molecule has 1 aliphatic heterocycles. The summed E-state index contributed by atoms with van der Waals surface area (Å²) in [5.41, 5.74) is 9.54. The van der Waals surface area contributed by atoms with Crippen molar-refractivity contribution in [3.8, 4) is 0 Å². The predicted octanol–water partition coefficient (Wildman–Crippen LogP) is 4.32. The summed E-state index contributed by atoms with van der Waals surface area (Å²) in [6, 6.07) is 8.29. The normalized spacial score (nSPS) is 26.3. The Morgan fingerprint density at radius 3 is 2.85 bits per heavy atom. The molecule has 1 saturated carbocycles. The highest BCUT2D eigenvalue weighted by Gasteiger charge is 2.54. The number of aryl methyl sites for hydroxylation is 1. The van der Waals surface area contributed by atoms with Crippen LogP contribution in [0, 0.1) is 5.92 Å². The molecule has 2 N–H and O–H groups in total. The van der Waals surface area contributed by atoms with Crippen LogP contribution in [0.4, 0.5) is 5.82 Å². The third kappa shape index (κ3) is 3.62. The van der Waals surface area contributed by atoms with Crippen molar-refractivity contribution >= 4 is 39.5 Å². The lowest BCUT2D eigenvalue weighted by Gasteiger charge is -2.24. The van der Waals surface area contributed by atoms with Crippen LogP contribution in [0.1, 0.15) is 38.3 Å². The number of fused-ring (bicyclic) bond motifs is 3. The number of aromatic nitrogens is 5. The maximum absolute atomic E-state index is 6.39. The van der Waals surface area contributed by atoms with Gasteiger partial charge in [0.1, 0.15) is 29.0 Å². The van der Waals surface area contributed by atoms with Gasteiger partial charge in [-0.2, -0.15) is 0 Å². The minimum atomic E-state index is -0.613. The van der Waals surface area contributed by atoms with Crippen LogP contribution in [0.5, 0.6) is 0 Å². The van der Waals surface area contributed by atoms with E-state index in [1.165, 1.54) is 11.9 Å². The number of ether oxygens (including phenoxy) is 2. The van der Waals surface area contributed by atoms with Crippen LogP contribution in [0.15, 0.2) is 43.0 Å². The maximum atomic E-state index is 6.39. The fourth-order valence-electron chi connectivity index (χ4n) is 5.40. The largest absolute Gasteiger partial charge is 0.382 e. The summed E-state index contributed by atoms with van der Waals surface area (Å²) in [4.78, 5) is 17.4. The molecule has 8 nitrogen and oxygen atoms in total. The summed E-state index contributed by atoms with van der Waals surface area (Å²) >= 11 is 6.29. The molecule has 0 bridgehead atoms. The Kier molecular flexibility index (Phi) is 4.79. The van der Waals surface area contributed by atoms with Gasteiger partial charge in [-0.15, -0.1) is 0 Å². The Bertz CT molecular complexity index is 1360. The number of rotatable bonds is 4. The molecule has 4 heterocycles. The molecule has 2 aliphatic rings. The zero-order valence-electron chi connectivity index (χ0n) is 18.5. The van der Waals surface area contributed by atoms with E-state index < -0.39 is 5.79 Å². The van der Waals surface area contributed by atoms with Gasteiger partial charge in [-0.25, -0.2) is 15.0 Å². The minimum absolute atomic E-state index is 0.0238. The van der Waals surface area contributed by atoms with E-state index in [0.29, 0.717) is 16.9 Å². The Morgan fingerprint density at radius 1 is 1.12 bits per heavy atom. The topological polar surface area (TPSA) is 101 Å². The monoisotopic (exact) mass is 464 g/mol. The van der Waals surface area contributed by atoms with Gasteiger partial charge in [0.05, 0.1) is 34.8 Å². The number of benzene rings is 1. The quantitative estimate of drug-likeness (QED) is 0.448. The van der Waals surface area contributed by atoms with E-state index in [4.69, 9.17) is 26.8 Å². The fourth-order valence-corrected chi connectivity index (χ4v) is 5.59. The highest BCUT2D eigenvalue weighted by molar-refractivity contribution is 6.33. The SMILES string of the molecule is CC1(C)O[C@@H]2[C@@H](CCc3ccc4ncc(N)nc4c3)C[C@@H](n3ccc4c(Cl)ncnc43)[C@@H]2O1. The van der Waals surface area contributed by atoms with Gasteiger partial charge in [-0.3, -0.25) is 4.98 Å². The molecule has 4 atom stereocenters. The first-order valence-corrected chi connectivity index (χ1v) is 11.6. The first-order chi connectivity index (χ1) is 15.9. The molecule has 4 aromatic rings. The molecule has 3 aromatic heterocycles. The summed E-state index contributed by atoms with van der Waals surface area (Å²) in [7, 11) is 0. The second kappa shape index (κ2) is 7.62. The molecule has 33 heavy (non-hydrogen) atoms. The number of halogens is 1. The lowest BCUT2D eigenvalue weighted by Crippen LogP contribution is -2.27. The summed E-state index contributed by atoms with van der Waals surface area (Å²) < 4.78 is 15.0. The standard InChI is InChI=1S/C24H25ClN6O2/c1-24(2)32-20-14(5-3-13-4-6-16-17(9-13)30-19(26)11-27-16)10-18(21(20)33-24)31-8-7-15-22(25)28-12-29-23(15)31/h4,6-9,11-12,14,18,20-21H,3,5,10H2,1-2H3,(H2,26,30)/t14-,18+,20+,21-/m0/s1.